The van der Waals surface area contributed by atoms with Gasteiger partial charge in [-0.1, -0.05) is 42.8 Å². The number of carbonyl (C=O) groups excluding carboxylic acids is 2. The van der Waals surface area contributed by atoms with Gasteiger partial charge < -0.3 is 15.4 Å². The van der Waals surface area contributed by atoms with Gasteiger partial charge in [0.15, 0.2) is 0 Å². The first kappa shape index (κ1) is 22.0. The number of nitrogens with one attached hydrogen (secondary N) is 2. The van der Waals surface area contributed by atoms with Crippen LogP contribution in [0.2, 0.25) is 0 Å². The summed E-state index contributed by atoms with van der Waals surface area (Å²) in [4.78, 5) is 32.8. The minimum absolute atomic E-state index is 0.0248. The highest BCUT2D eigenvalue weighted by Gasteiger charge is 2.47. The molecule has 2 atom stereocenters. The number of rotatable bonds is 5. The number of carbonyl (C=O) groups is 2. The molecular weight excluding hydrogens is 460 g/mol. The zero-order valence-corrected chi connectivity index (χ0v) is 20.2. The molecule has 0 spiro atoms. The Hall–Kier alpha value is -3.52. The fraction of sp³-hybridized carbons (Fsp3) is 0.296. The molecule has 2 aliphatic heterocycles. The van der Waals surface area contributed by atoms with Crippen molar-refractivity contribution in [1.82, 2.24) is 15.6 Å². The van der Waals surface area contributed by atoms with Crippen molar-refractivity contribution in [2.45, 2.75) is 55.0 Å². The number of thioether (sulfide) groups is 1. The molecule has 7 nitrogen and oxygen atoms in total. The molecule has 1 aliphatic carbocycles. The fourth-order valence-corrected chi connectivity index (χ4v) is 6.42. The second-order valence-corrected chi connectivity index (χ2v) is 10.3. The number of hydrogen-bond acceptors (Lipinski definition) is 5. The Morgan fingerprint density at radius 2 is 1.89 bits per heavy atom. The van der Waals surface area contributed by atoms with E-state index in [1.807, 2.05) is 61.5 Å². The van der Waals surface area contributed by atoms with Crippen molar-refractivity contribution in [3.8, 4) is 11.5 Å². The third-order valence-corrected chi connectivity index (χ3v) is 8.14. The molecule has 2 unspecified atom stereocenters. The molecule has 3 aromatic rings. The highest BCUT2D eigenvalue weighted by Crippen LogP contribution is 2.51. The van der Waals surface area contributed by atoms with Crippen molar-refractivity contribution < 1.29 is 14.3 Å². The zero-order valence-electron chi connectivity index (χ0n) is 19.4. The van der Waals surface area contributed by atoms with Crippen LogP contribution >= 0.6 is 11.8 Å². The first-order chi connectivity index (χ1) is 17.1. The first-order valence-corrected chi connectivity index (χ1v) is 12.9. The highest BCUT2D eigenvalue weighted by molar-refractivity contribution is 8.01. The molecule has 6 rings (SSSR count). The van der Waals surface area contributed by atoms with Crippen LogP contribution in [-0.4, -0.2) is 28.2 Å². The maximum atomic E-state index is 13.4. The molecule has 1 fully saturated rings. The number of amides is 3. The lowest BCUT2D eigenvalue weighted by Gasteiger charge is -2.35. The van der Waals surface area contributed by atoms with Crippen molar-refractivity contribution in [3.63, 3.8) is 0 Å². The molecule has 8 heteroatoms. The monoisotopic (exact) mass is 486 g/mol. The Morgan fingerprint density at radius 1 is 1.09 bits per heavy atom. The summed E-state index contributed by atoms with van der Waals surface area (Å²) in [6, 6.07) is 16.7. The Morgan fingerprint density at radius 3 is 2.66 bits per heavy atom. The molecule has 3 aliphatic rings. The predicted molar refractivity (Wildman–Crippen MR) is 135 cm³/mol. The lowest BCUT2D eigenvalue weighted by atomic mass is 9.99. The van der Waals surface area contributed by atoms with Gasteiger partial charge in [-0.3, -0.25) is 9.69 Å². The van der Waals surface area contributed by atoms with E-state index < -0.39 is 11.3 Å². The quantitative estimate of drug-likeness (QED) is 0.489. The van der Waals surface area contributed by atoms with Crippen molar-refractivity contribution >= 4 is 35.1 Å². The summed E-state index contributed by atoms with van der Waals surface area (Å²) >= 11 is 1.44. The van der Waals surface area contributed by atoms with Crippen LogP contribution in [0.4, 0.5) is 16.2 Å². The molecule has 1 saturated carbocycles. The van der Waals surface area contributed by atoms with E-state index in [4.69, 9.17) is 4.74 Å². The third-order valence-electron chi connectivity index (χ3n) is 6.85. The summed E-state index contributed by atoms with van der Waals surface area (Å²) in [7, 11) is 0. The maximum absolute atomic E-state index is 13.4. The van der Waals surface area contributed by atoms with Gasteiger partial charge in [-0.15, -0.1) is 0 Å². The van der Waals surface area contributed by atoms with Crippen LogP contribution in [0.1, 0.15) is 42.9 Å². The van der Waals surface area contributed by atoms with Gasteiger partial charge in [0, 0.05) is 17.8 Å². The Labute approximate surface area is 208 Å². The molecule has 35 heavy (non-hydrogen) atoms. The van der Waals surface area contributed by atoms with Gasteiger partial charge in [0.25, 0.3) is 0 Å². The van der Waals surface area contributed by atoms with Crippen molar-refractivity contribution in [2.75, 3.05) is 4.90 Å². The average Bonchev–Trinajstić information content (AvgIpc) is 3.50. The van der Waals surface area contributed by atoms with Gasteiger partial charge in [-0.05, 0) is 61.7 Å². The second kappa shape index (κ2) is 8.92. The largest absolute Gasteiger partial charge is 0.457 e. The molecular formula is C27H26N4O3S. The van der Waals surface area contributed by atoms with E-state index in [0.717, 1.165) is 59.0 Å². The topological polar surface area (TPSA) is 83.6 Å². The number of benzene rings is 2. The summed E-state index contributed by atoms with van der Waals surface area (Å²) < 4.78 is 5.96. The van der Waals surface area contributed by atoms with E-state index >= 15 is 0 Å². The van der Waals surface area contributed by atoms with Crippen LogP contribution in [0.3, 0.4) is 0 Å². The van der Waals surface area contributed by atoms with E-state index in [1.54, 1.807) is 11.1 Å². The van der Waals surface area contributed by atoms with Crippen molar-refractivity contribution in [1.29, 1.82) is 0 Å². The van der Waals surface area contributed by atoms with Crippen LogP contribution in [-0.2, 0) is 4.79 Å². The van der Waals surface area contributed by atoms with Gasteiger partial charge in [0.2, 0.25) is 5.91 Å². The minimum Gasteiger partial charge on any atom is -0.457 e. The molecule has 0 bridgehead atoms. The van der Waals surface area contributed by atoms with Crippen LogP contribution in [0.5, 0.6) is 11.5 Å². The Bertz CT molecular complexity index is 1290. The molecule has 2 aromatic carbocycles. The lowest BCUT2D eigenvalue weighted by molar-refractivity contribution is -0.121. The third kappa shape index (κ3) is 4.01. The number of pyridine rings is 1. The number of aromatic nitrogens is 1. The standard InChI is InChI=1S/C27H26N4O3S/c1-16-15-19(34-18-9-3-2-4-10-18)11-12-20(16)31-21-13-14-28-26-22(21)23(30-27(31)33)24(35-26)25(32)29-17-7-5-6-8-17/h2-4,9-15,17,23-24H,5-8H2,1H3,(H,29,32)(H,30,33). The van der Waals surface area contributed by atoms with Gasteiger partial charge in [0.05, 0.1) is 17.4 Å². The predicted octanol–water partition coefficient (Wildman–Crippen LogP) is 5.62. The van der Waals surface area contributed by atoms with Gasteiger partial charge in [-0.25, -0.2) is 9.78 Å². The Balaban J connectivity index is 1.29. The van der Waals surface area contributed by atoms with Crippen LogP contribution in [0.15, 0.2) is 65.8 Å². The SMILES string of the molecule is Cc1cc(Oc2ccccc2)ccc1N1C(=O)NC2c3c1ccnc3SC2C(=O)NC1CCCC1. The highest BCUT2D eigenvalue weighted by atomic mass is 32.2. The molecule has 3 heterocycles. The van der Waals surface area contributed by atoms with E-state index in [1.165, 1.54) is 11.8 Å². The summed E-state index contributed by atoms with van der Waals surface area (Å²) in [5.74, 6) is 1.43. The number of anilines is 2. The normalized spacial score (nSPS) is 20.9. The smallest absolute Gasteiger partial charge is 0.327 e. The van der Waals surface area contributed by atoms with Crippen LogP contribution in [0.25, 0.3) is 0 Å². The van der Waals surface area contributed by atoms with Crippen LogP contribution < -0.4 is 20.3 Å². The van der Waals surface area contributed by atoms with E-state index in [-0.39, 0.29) is 18.0 Å². The fourth-order valence-electron chi connectivity index (χ4n) is 5.18. The van der Waals surface area contributed by atoms with Gasteiger partial charge in [0.1, 0.15) is 21.8 Å². The van der Waals surface area contributed by atoms with Gasteiger partial charge in [-0.2, -0.15) is 0 Å². The molecule has 0 radical (unpaired) electrons. The summed E-state index contributed by atoms with van der Waals surface area (Å²) in [5, 5.41) is 6.66. The molecule has 0 saturated heterocycles. The summed E-state index contributed by atoms with van der Waals surface area (Å²) in [6.45, 7) is 1.96. The lowest BCUT2D eigenvalue weighted by Crippen LogP contribution is -2.50. The maximum Gasteiger partial charge on any atom is 0.327 e. The summed E-state index contributed by atoms with van der Waals surface area (Å²) in [5.41, 5.74) is 3.34. The second-order valence-electron chi connectivity index (χ2n) is 9.20. The van der Waals surface area contributed by atoms with E-state index in [2.05, 4.69) is 15.6 Å². The van der Waals surface area contributed by atoms with E-state index in [9.17, 15) is 9.59 Å². The van der Waals surface area contributed by atoms with Crippen LogP contribution in [0, 0.1) is 6.92 Å². The number of ether oxygens (including phenoxy) is 1. The van der Waals surface area contributed by atoms with E-state index in [0.29, 0.717) is 5.75 Å². The summed E-state index contributed by atoms with van der Waals surface area (Å²) in [6.07, 6.45) is 6.06. The number of urea groups is 1. The van der Waals surface area contributed by atoms with Crippen molar-refractivity contribution in [2.24, 2.45) is 0 Å². The number of para-hydroxylation sites is 1. The zero-order chi connectivity index (χ0) is 23.9. The molecule has 178 valence electrons. The molecule has 2 N–H and O–H groups in total. The van der Waals surface area contributed by atoms with Crippen molar-refractivity contribution in [3.05, 3.63) is 71.9 Å². The van der Waals surface area contributed by atoms with Gasteiger partial charge >= 0.3 is 6.03 Å². The number of hydrogen-bond donors (Lipinski definition) is 2. The first-order valence-electron chi connectivity index (χ1n) is 12.0. The minimum atomic E-state index is -0.423. The molecule has 1 aromatic heterocycles. The average molecular weight is 487 g/mol. The molecule has 3 amide bonds. The Kier molecular flexibility index (Phi) is 5.60. The number of aryl methyl sites for hydroxylation is 1. The number of nitrogens with zero attached hydrogens (tertiary/aromatic N) is 2.